The molecule has 0 radical (unpaired) electrons. The molecule has 0 atom stereocenters. The number of nitrogens with one attached hydrogen (secondary N) is 1. The van der Waals surface area contributed by atoms with Crippen molar-refractivity contribution in [3.63, 3.8) is 0 Å². The van der Waals surface area contributed by atoms with Crippen molar-refractivity contribution in [2.75, 3.05) is 19.8 Å². The van der Waals surface area contributed by atoms with Gasteiger partial charge in [0.15, 0.2) is 0 Å². The highest BCUT2D eigenvalue weighted by atomic mass is 35.5. The van der Waals surface area contributed by atoms with Crippen molar-refractivity contribution in [2.45, 2.75) is 39.0 Å². The second-order valence-electron chi connectivity index (χ2n) is 5.89. The fourth-order valence-corrected chi connectivity index (χ4v) is 2.17. The van der Waals surface area contributed by atoms with E-state index in [0.717, 1.165) is 24.6 Å². The number of carbonyl (C=O) groups is 1. The van der Waals surface area contributed by atoms with E-state index in [9.17, 15) is 4.79 Å². The van der Waals surface area contributed by atoms with Crippen LogP contribution in [-0.2, 0) is 4.74 Å². The summed E-state index contributed by atoms with van der Waals surface area (Å²) in [4.78, 5) is 16.3. The molecule has 116 valence electrons. The lowest BCUT2D eigenvalue weighted by Gasteiger charge is -2.09. The molecule has 1 fully saturated rings. The van der Waals surface area contributed by atoms with Gasteiger partial charge in [0, 0.05) is 31.0 Å². The van der Waals surface area contributed by atoms with E-state index in [-0.39, 0.29) is 11.8 Å². The molecular formula is C16H23ClN2O2. The van der Waals surface area contributed by atoms with Gasteiger partial charge in [-0.3, -0.25) is 4.79 Å². The number of hydrogen-bond acceptors (Lipinski definition) is 3. The molecule has 0 unspecified atom stereocenters. The number of aromatic nitrogens is 1. The number of rotatable bonds is 8. The van der Waals surface area contributed by atoms with Gasteiger partial charge in [-0.15, -0.1) is 0 Å². The van der Waals surface area contributed by atoms with Gasteiger partial charge in [-0.25, -0.2) is 4.98 Å². The van der Waals surface area contributed by atoms with Gasteiger partial charge in [0.2, 0.25) is 0 Å². The Labute approximate surface area is 131 Å². The SMILES string of the molecule is CC(C)c1cc(C(=O)NCCCOCC2CC2)cc(Cl)n1. The van der Waals surface area contributed by atoms with Gasteiger partial charge in [-0.1, -0.05) is 25.4 Å². The predicted octanol–water partition coefficient (Wildman–Crippen LogP) is 3.40. The zero-order valence-electron chi connectivity index (χ0n) is 12.7. The third-order valence-electron chi connectivity index (χ3n) is 3.47. The molecule has 2 rings (SSSR count). The van der Waals surface area contributed by atoms with Crippen LogP contribution in [-0.4, -0.2) is 30.6 Å². The number of nitrogens with zero attached hydrogens (tertiary/aromatic N) is 1. The van der Waals surface area contributed by atoms with Gasteiger partial charge >= 0.3 is 0 Å². The first-order valence-electron chi connectivity index (χ1n) is 7.59. The molecule has 1 heterocycles. The van der Waals surface area contributed by atoms with E-state index in [1.54, 1.807) is 12.1 Å². The summed E-state index contributed by atoms with van der Waals surface area (Å²) < 4.78 is 5.53. The van der Waals surface area contributed by atoms with Crippen LogP contribution in [0.4, 0.5) is 0 Å². The number of carbonyl (C=O) groups excluding carboxylic acids is 1. The quantitative estimate of drug-likeness (QED) is 0.591. The maximum absolute atomic E-state index is 12.1. The molecule has 1 aromatic heterocycles. The monoisotopic (exact) mass is 310 g/mol. The highest BCUT2D eigenvalue weighted by Crippen LogP contribution is 2.28. The molecule has 0 aromatic carbocycles. The Kier molecular flexibility index (Phi) is 6.00. The summed E-state index contributed by atoms with van der Waals surface area (Å²) in [5, 5.41) is 3.25. The van der Waals surface area contributed by atoms with Crippen LogP contribution in [0.2, 0.25) is 5.15 Å². The van der Waals surface area contributed by atoms with E-state index in [4.69, 9.17) is 16.3 Å². The molecule has 0 bridgehead atoms. The van der Waals surface area contributed by atoms with E-state index in [2.05, 4.69) is 10.3 Å². The number of ether oxygens (including phenoxy) is 1. The molecule has 1 N–H and O–H groups in total. The summed E-state index contributed by atoms with van der Waals surface area (Å²) in [6, 6.07) is 3.40. The summed E-state index contributed by atoms with van der Waals surface area (Å²) >= 11 is 5.97. The van der Waals surface area contributed by atoms with Crippen molar-refractivity contribution in [2.24, 2.45) is 5.92 Å². The first kappa shape index (κ1) is 16.2. The third kappa shape index (κ3) is 5.64. The Bertz CT molecular complexity index is 487. The Hall–Kier alpha value is -1.13. The average molecular weight is 311 g/mol. The minimum atomic E-state index is -0.108. The molecule has 0 saturated heterocycles. The Morgan fingerprint density at radius 3 is 2.90 bits per heavy atom. The van der Waals surface area contributed by atoms with Crippen LogP contribution in [0.5, 0.6) is 0 Å². The topological polar surface area (TPSA) is 51.2 Å². The predicted molar refractivity (Wildman–Crippen MR) is 83.8 cm³/mol. The first-order valence-corrected chi connectivity index (χ1v) is 7.97. The van der Waals surface area contributed by atoms with E-state index >= 15 is 0 Å². The standard InChI is InChI=1S/C16H23ClN2O2/c1-11(2)14-8-13(9-15(17)19-14)16(20)18-6-3-7-21-10-12-4-5-12/h8-9,11-12H,3-7,10H2,1-2H3,(H,18,20). The molecule has 1 amide bonds. The molecule has 1 aliphatic carbocycles. The third-order valence-corrected chi connectivity index (χ3v) is 3.66. The summed E-state index contributed by atoms with van der Waals surface area (Å²) in [6.45, 7) is 6.23. The minimum absolute atomic E-state index is 0.108. The lowest BCUT2D eigenvalue weighted by Crippen LogP contribution is -2.25. The van der Waals surface area contributed by atoms with Crippen LogP contribution in [0.1, 0.15) is 55.1 Å². The van der Waals surface area contributed by atoms with Crippen molar-refractivity contribution in [3.05, 3.63) is 28.5 Å². The van der Waals surface area contributed by atoms with Gasteiger partial charge in [0.1, 0.15) is 5.15 Å². The summed E-state index contributed by atoms with van der Waals surface area (Å²) in [5.41, 5.74) is 1.40. The van der Waals surface area contributed by atoms with Crippen LogP contribution >= 0.6 is 11.6 Å². The summed E-state index contributed by atoms with van der Waals surface area (Å²) in [6.07, 6.45) is 3.43. The fourth-order valence-electron chi connectivity index (χ4n) is 1.96. The Morgan fingerprint density at radius 1 is 1.48 bits per heavy atom. The molecule has 1 aliphatic rings. The molecule has 0 aliphatic heterocycles. The maximum Gasteiger partial charge on any atom is 0.251 e. The number of halogens is 1. The second kappa shape index (κ2) is 7.76. The summed E-state index contributed by atoms with van der Waals surface area (Å²) in [7, 11) is 0. The second-order valence-corrected chi connectivity index (χ2v) is 6.27. The van der Waals surface area contributed by atoms with Crippen molar-refractivity contribution in [3.8, 4) is 0 Å². The van der Waals surface area contributed by atoms with Crippen molar-refractivity contribution >= 4 is 17.5 Å². The van der Waals surface area contributed by atoms with E-state index in [1.165, 1.54) is 12.8 Å². The zero-order chi connectivity index (χ0) is 15.2. The lowest BCUT2D eigenvalue weighted by atomic mass is 10.1. The molecule has 21 heavy (non-hydrogen) atoms. The zero-order valence-corrected chi connectivity index (χ0v) is 13.4. The highest BCUT2D eigenvalue weighted by Gasteiger charge is 2.20. The number of pyridine rings is 1. The summed E-state index contributed by atoms with van der Waals surface area (Å²) in [5.74, 6) is 0.919. The minimum Gasteiger partial charge on any atom is -0.381 e. The number of amides is 1. The van der Waals surface area contributed by atoms with Crippen LogP contribution in [0, 0.1) is 5.92 Å². The average Bonchev–Trinajstić information content (AvgIpc) is 3.25. The highest BCUT2D eigenvalue weighted by molar-refractivity contribution is 6.29. The fraction of sp³-hybridized carbons (Fsp3) is 0.625. The molecular weight excluding hydrogens is 288 g/mol. The van der Waals surface area contributed by atoms with E-state index in [1.807, 2.05) is 13.8 Å². The van der Waals surface area contributed by atoms with Gasteiger partial charge in [-0.2, -0.15) is 0 Å². The molecule has 1 saturated carbocycles. The van der Waals surface area contributed by atoms with Crippen LogP contribution in [0.3, 0.4) is 0 Å². The molecule has 0 spiro atoms. The largest absolute Gasteiger partial charge is 0.381 e. The smallest absolute Gasteiger partial charge is 0.251 e. The van der Waals surface area contributed by atoms with Crippen molar-refractivity contribution < 1.29 is 9.53 Å². The van der Waals surface area contributed by atoms with Gasteiger partial charge in [-0.05, 0) is 43.2 Å². The van der Waals surface area contributed by atoms with E-state index < -0.39 is 0 Å². The first-order chi connectivity index (χ1) is 10.1. The van der Waals surface area contributed by atoms with Gasteiger partial charge < -0.3 is 10.1 Å². The molecule has 5 heteroatoms. The van der Waals surface area contributed by atoms with Crippen LogP contribution < -0.4 is 5.32 Å². The lowest BCUT2D eigenvalue weighted by molar-refractivity contribution is 0.0937. The van der Waals surface area contributed by atoms with Gasteiger partial charge in [0.25, 0.3) is 5.91 Å². The van der Waals surface area contributed by atoms with Crippen LogP contribution in [0.15, 0.2) is 12.1 Å². The normalized spacial score (nSPS) is 14.5. The Morgan fingerprint density at radius 2 is 2.24 bits per heavy atom. The van der Waals surface area contributed by atoms with Crippen molar-refractivity contribution in [1.82, 2.24) is 10.3 Å². The molecule has 1 aromatic rings. The number of hydrogen-bond donors (Lipinski definition) is 1. The molecule has 4 nitrogen and oxygen atoms in total. The van der Waals surface area contributed by atoms with Crippen LogP contribution in [0.25, 0.3) is 0 Å². The maximum atomic E-state index is 12.1. The Balaban J connectivity index is 1.74. The van der Waals surface area contributed by atoms with E-state index in [0.29, 0.717) is 23.9 Å². The van der Waals surface area contributed by atoms with Crippen molar-refractivity contribution in [1.29, 1.82) is 0 Å². The van der Waals surface area contributed by atoms with Gasteiger partial charge in [0.05, 0.1) is 0 Å².